The lowest BCUT2D eigenvalue weighted by Crippen LogP contribution is -2.43. The first-order valence-electron chi connectivity index (χ1n) is 7.15. The van der Waals surface area contributed by atoms with Crippen molar-refractivity contribution >= 4 is 17.2 Å². The van der Waals surface area contributed by atoms with Gasteiger partial charge in [-0.1, -0.05) is 0 Å². The van der Waals surface area contributed by atoms with Crippen LogP contribution in [0.4, 0.5) is 0 Å². The van der Waals surface area contributed by atoms with Crippen LogP contribution >= 0.6 is 11.3 Å². The molecule has 0 radical (unpaired) electrons. The van der Waals surface area contributed by atoms with Crippen molar-refractivity contribution in [2.24, 2.45) is 0 Å². The zero-order valence-electron chi connectivity index (χ0n) is 11.4. The maximum atomic E-state index is 12.5. The van der Waals surface area contributed by atoms with Crippen LogP contribution in [0, 0.1) is 0 Å². The number of nitrogens with zero attached hydrogens (tertiary/aromatic N) is 3. The van der Waals surface area contributed by atoms with Gasteiger partial charge in [-0.2, -0.15) is 0 Å². The summed E-state index contributed by atoms with van der Waals surface area (Å²) < 4.78 is 0. The normalized spacial score (nSPS) is 23.9. The fourth-order valence-electron chi connectivity index (χ4n) is 2.83. The number of carbonyl (C=O) groups excluding carboxylic acids is 1. The van der Waals surface area contributed by atoms with Crippen molar-refractivity contribution in [2.75, 3.05) is 20.1 Å². The highest BCUT2D eigenvalue weighted by molar-refractivity contribution is 7.09. The van der Waals surface area contributed by atoms with E-state index in [-0.39, 0.29) is 11.9 Å². The number of hydrogen-bond acceptors (Lipinski definition) is 4. The molecule has 1 aliphatic carbocycles. The van der Waals surface area contributed by atoms with Crippen LogP contribution in [-0.4, -0.2) is 46.9 Å². The lowest BCUT2D eigenvalue weighted by molar-refractivity contribution is -0.136. The van der Waals surface area contributed by atoms with Crippen molar-refractivity contribution in [1.82, 2.24) is 14.8 Å². The van der Waals surface area contributed by atoms with Gasteiger partial charge in [-0.15, -0.1) is 11.3 Å². The number of hydrogen-bond donors (Lipinski definition) is 0. The maximum absolute atomic E-state index is 12.5. The van der Waals surface area contributed by atoms with Gasteiger partial charge in [0.15, 0.2) is 0 Å². The highest BCUT2D eigenvalue weighted by atomic mass is 32.1. The summed E-state index contributed by atoms with van der Waals surface area (Å²) in [4.78, 5) is 21.2. The standard InChI is InChI=1S/C14H21N3OS/c1-16(11-5-6-11)10-13(18)17-8-3-2-4-12(17)14-15-7-9-19-14/h7,9,11-12H,2-6,8,10H2,1H3/t12-/m0/s1. The molecule has 1 saturated heterocycles. The summed E-state index contributed by atoms with van der Waals surface area (Å²) in [5.41, 5.74) is 0. The van der Waals surface area contributed by atoms with Gasteiger partial charge in [0.25, 0.3) is 0 Å². The zero-order valence-corrected chi connectivity index (χ0v) is 12.2. The smallest absolute Gasteiger partial charge is 0.237 e. The van der Waals surface area contributed by atoms with Gasteiger partial charge in [0.1, 0.15) is 5.01 Å². The second kappa shape index (κ2) is 5.59. The molecule has 4 nitrogen and oxygen atoms in total. The molecule has 1 aromatic rings. The van der Waals surface area contributed by atoms with Crippen LogP contribution < -0.4 is 0 Å². The summed E-state index contributed by atoms with van der Waals surface area (Å²) in [5.74, 6) is 0.273. The lowest BCUT2D eigenvalue weighted by atomic mass is 10.0. The zero-order chi connectivity index (χ0) is 13.2. The molecule has 1 atom stereocenters. The number of likely N-dealkylation sites (tertiary alicyclic amines) is 1. The van der Waals surface area contributed by atoms with Gasteiger partial charge in [-0.05, 0) is 39.2 Å². The van der Waals surface area contributed by atoms with Gasteiger partial charge in [0, 0.05) is 24.2 Å². The van der Waals surface area contributed by atoms with E-state index in [2.05, 4.69) is 21.8 Å². The molecule has 0 N–H and O–H groups in total. The molecule has 2 aliphatic rings. The molecule has 19 heavy (non-hydrogen) atoms. The van der Waals surface area contributed by atoms with Gasteiger partial charge < -0.3 is 4.90 Å². The molecule has 5 heteroatoms. The monoisotopic (exact) mass is 279 g/mol. The van der Waals surface area contributed by atoms with E-state index in [0.29, 0.717) is 12.6 Å². The first-order valence-corrected chi connectivity index (χ1v) is 8.03. The van der Waals surface area contributed by atoms with Crippen molar-refractivity contribution in [1.29, 1.82) is 0 Å². The topological polar surface area (TPSA) is 36.4 Å². The number of likely N-dealkylation sites (N-methyl/N-ethyl adjacent to an activating group) is 1. The van der Waals surface area contributed by atoms with Gasteiger partial charge >= 0.3 is 0 Å². The average Bonchev–Trinajstić information content (AvgIpc) is 3.14. The van der Waals surface area contributed by atoms with Crippen molar-refractivity contribution in [3.8, 4) is 0 Å². The molecule has 1 amide bonds. The Morgan fingerprint density at radius 3 is 3.00 bits per heavy atom. The molecule has 2 fully saturated rings. The van der Waals surface area contributed by atoms with Gasteiger partial charge in [0.2, 0.25) is 5.91 Å². The van der Waals surface area contributed by atoms with E-state index in [1.165, 1.54) is 19.3 Å². The molecule has 1 aromatic heterocycles. The molecule has 1 saturated carbocycles. The van der Waals surface area contributed by atoms with Crippen LogP contribution in [0.2, 0.25) is 0 Å². The predicted molar refractivity (Wildman–Crippen MR) is 76.1 cm³/mol. The summed E-state index contributed by atoms with van der Waals surface area (Å²) in [6.45, 7) is 1.45. The van der Waals surface area contributed by atoms with Crippen molar-refractivity contribution in [3.05, 3.63) is 16.6 Å². The molecule has 3 rings (SSSR count). The third-order valence-electron chi connectivity index (χ3n) is 4.11. The molecule has 104 valence electrons. The summed E-state index contributed by atoms with van der Waals surface area (Å²) >= 11 is 1.67. The Balaban J connectivity index is 1.67. The molecule has 1 aliphatic heterocycles. The van der Waals surface area contributed by atoms with E-state index >= 15 is 0 Å². The molecule has 2 heterocycles. The molecular formula is C14H21N3OS. The minimum absolute atomic E-state index is 0.217. The summed E-state index contributed by atoms with van der Waals surface area (Å²) in [7, 11) is 2.07. The number of carbonyl (C=O) groups is 1. The lowest BCUT2D eigenvalue weighted by Gasteiger charge is -2.35. The Bertz CT molecular complexity index is 430. The highest BCUT2D eigenvalue weighted by Gasteiger charge is 2.33. The number of amides is 1. The molecular weight excluding hydrogens is 258 g/mol. The summed E-state index contributed by atoms with van der Waals surface area (Å²) in [5, 5.41) is 3.10. The van der Waals surface area contributed by atoms with E-state index in [9.17, 15) is 4.79 Å². The second-order valence-corrected chi connectivity index (χ2v) is 6.54. The van der Waals surface area contributed by atoms with E-state index in [0.717, 1.165) is 24.4 Å². The second-order valence-electron chi connectivity index (χ2n) is 5.62. The Labute approximate surface area is 118 Å². The average molecular weight is 279 g/mol. The van der Waals surface area contributed by atoms with Crippen LogP contribution in [0.3, 0.4) is 0 Å². The van der Waals surface area contributed by atoms with Crippen LogP contribution in [-0.2, 0) is 4.79 Å². The van der Waals surface area contributed by atoms with E-state index in [1.807, 2.05) is 11.6 Å². The Morgan fingerprint density at radius 1 is 1.47 bits per heavy atom. The minimum Gasteiger partial charge on any atom is -0.332 e. The van der Waals surface area contributed by atoms with E-state index in [4.69, 9.17) is 0 Å². The van der Waals surface area contributed by atoms with Crippen molar-refractivity contribution in [3.63, 3.8) is 0 Å². The van der Waals surface area contributed by atoms with E-state index < -0.39 is 0 Å². The number of rotatable bonds is 4. The number of thiazole rings is 1. The third kappa shape index (κ3) is 2.98. The first-order chi connectivity index (χ1) is 9.25. The van der Waals surface area contributed by atoms with Crippen molar-refractivity contribution < 1.29 is 4.79 Å². The molecule has 0 bridgehead atoms. The Morgan fingerprint density at radius 2 is 2.32 bits per heavy atom. The largest absolute Gasteiger partial charge is 0.332 e. The Hall–Kier alpha value is -0.940. The van der Waals surface area contributed by atoms with Gasteiger partial charge in [-0.25, -0.2) is 4.98 Å². The van der Waals surface area contributed by atoms with Gasteiger partial charge in [-0.3, -0.25) is 9.69 Å². The first kappa shape index (κ1) is 13.1. The predicted octanol–water partition coefficient (Wildman–Crippen LogP) is 2.29. The van der Waals surface area contributed by atoms with Crippen LogP contribution in [0.25, 0.3) is 0 Å². The quantitative estimate of drug-likeness (QED) is 0.848. The number of aromatic nitrogens is 1. The van der Waals surface area contributed by atoms with Crippen molar-refractivity contribution in [2.45, 2.75) is 44.2 Å². The Kier molecular flexibility index (Phi) is 3.84. The summed E-state index contributed by atoms with van der Waals surface area (Å²) in [6, 6.07) is 0.862. The third-order valence-corrected chi connectivity index (χ3v) is 4.99. The van der Waals surface area contributed by atoms with Crippen LogP contribution in [0.15, 0.2) is 11.6 Å². The molecule has 0 unspecified atom stereocenters. The number of piperidine rings is 1. The fraction of sp³-hybridized carbons (Fsp3) is 0.714. The van der Waals surface area contributed by atoms with Gasteiger partial charge in [0.05, 0.1) is 12.6 Å². The van der Waals surface area contributed by atoms with Crippen LogP contribution in [0.5, 0.6) is 0 Å². The minimum atomic E-state index is 0.217. The summed E-state index contributed by atoms with van der Waals surface area (Å²) in [6.07, 6.45) is 7.73. The molecule has 0 spiro atoms. The highest BCUT2D eigenvalue weighted by Crippen LogP contribution is 2.32. The maximum Gasteiger partial charge on any atom is 0.237 e. The van der Waals surface area contributed by atoms with E-state index in [1.54, 1.807) is 11.3 Å². The fourth-order valence-corrected chi connectivity index (χ4v) is 3.62. The van der Waals surface area contributed by atoms with Crippen LogP contribution in [0.1, 0.15) is 43.2 Å². The SMILES string of the molecule is CN(CC(=O)N1CCCC[C@H]1c1nccs1)C1CC1. The molecule has 0 aromatic carbocycles.